The minimum atomic E-state index is -4.36. The standard InChI is InChI=1S/C13H19F3N2/c1-2-3-4-5-7-17-10-11-6-8-18-12(9-11)13(14,15)16/h6,8-9,17H,2-5,7,10H2,1H3. The molecule has 0 radical (unpaired) electrons. The predicted molar refractivity (Wildman–Crippen MR) is 65.1 cm³/mol. The van der Waals surface area contributed by atoms with Gasteiger partial charge in [-0.05, 0) is 30.7 Å². The van der Waals surface area contributed by atoms with Crippen molar-refractivity contribution >= 4 is 0 Å². The lowest BCUT2D eigenvalue weighted by Crippen LogP contribution is -2.16. The Hall–Kier alpha value is -1.10. The first-order chi connectivity index (χ1) is 8.54. The molecule has 1 rings (SSSR count). The van der Waals surface area contributed by atoms with Gasteiger partial charge < -0.3 is 5.32 Å². The number of pyridine rings is 1. The number of nitrogens with one attached hydrogen (secondary N) is 1. The second-order valence-electron chi connectivity index (χ2n) is 4.28. The van der Waals surface area contributed by atoms with E-state index in [-0.39, 0.29) is 0 Å². The molecule has 0 atom stereocenters. The summed E-state index contributed by atoms with van der Waals surface area (Å²) in [6, 6.07) is 2.70. The fourth-order valence-corrected chi connectivity index (χ4v) is 1.65. The molecule has 5 heteroatoms. The Morgan fingerprint density at radius 3 is 2.67 bits per heavy atom. The molecule has 1 aromatic rings. The predicted octanol–water partition coefficient (Wildman–Crippen LogP) is 3.77. The molecule has 0 saturated carbocycles. The number of rotatable bonds is 7. The van der Waals surface area contributed by atoms with Crippen molar-refractivity contribution in [2.24, 2.45) is 0 Å². The van der Waals surface area contributed by atoms with E-state index >= 15 is 0 Å². The fourth-order valence-electron chi connectivity index (χ4n) is 1.65. The minimum Gasteiger partial charge on any atom is -0.313 e. The monoisotopic (exact) mass is 260 g/mol. The third-order valence-corrected chi connectivity index (χ3v) is 2.65. The zero-order chi connectivity index (χ0) is 13.4. The van der Waals surface area contributed by atoms with E-state index in [2.05, 4.69) is 17.2 Å². The summed E-state index contributed by atoms with van der Waals surface area (Å²) in [5.41, 5.74) is -0.208. The van der Waals surface area contributed by atoms with E-state index in [9.17, 15) is 13.2 Å². The second-order valence-corrected chi connectivity index (χ2v) is 4.28. The summed E-state index contributed by atoms with van der Waals surface area (Å²) in [5, 5.41) is 3.14. The van der Waals surface area contributed by atoms with Crippen molar-refractivity contribution in [1.29, 1.82) is 0 Å². The molecule has 1 N–H and O–H groups in total. The van der Waals surface area contributed by atoms with Gasteiger partial charge in [0, 0.05) is 12.7 Å². The summed E-state index contributed by atoms with van der Waals surface area (Å²) in [5.74, 6) is 0. The van der Waals surface area contributed by atoms with Gasteiger partial charge in [-0.2, -0.15) is 13.2 Å². The van der Waals surface area contributed by atoms with Crippen LogP contribution in [0.5, 0.6) is 0 Å². The molecule has 0 aliphatic carbocycles. The summed E-state index contributed by atoms with van der Waals surface area (Å²) in [6.45, 7) is 3.43. The van der Waals surface area contributed by atoms with Gasteiger partial charge in [0.1, 0.15) is 5.69 Å². The molecule has 102 valence electrons. The maximum Gasteiger partial charge on any atom is 0.433 e. The summed E-state index contributed by atoms with van der Waals surface area (Å²) < 4.78 is 37.2. The third-order valence-electron chi connectivity index (χ3n) is 2.65. The molecule has 0 bridgehead atoms. The highest BCUT2D eigenvalue weighted by Crippen LogP contribution is 2.27. The summed E-state index contributed by atoms with van der Waals surface area (Å²) in [4.78, 5) is 3.33. The lowest BCUT2D eigenvalue weighted by Gasteiger charge is -2.08. The Balaban J connectivity index is 2.34. The van der Waals surface area contributed by atoms with E-state index in [4.69, 9.17) is 0 Å². The average Bonchev–Trinajstić information content (AvgIpc) is 2.33. The second kappa shape index (κ2) is 7.36. The number of hydrogen-bond donors (Lipinski definition) is 1. The van der Waals surface area contributed by atoms with Gasteiger partial charge >= 0.3 is 6.18 Å². The number of halogens is 3. The van der Waals surface area contributed by atoms with Crippen molar-refractivity contribution < 1.29 is 13.2 Å². The van der Waals surface area contributed by atoms with Crippen LogP contribution in [0.2, 0.25) is 0 Å². The van der Waals surface area contributed by atoms with Gasteiger partial charge in [-0.25, -0.2) is 0 Å². The van der Waals surface area contributed by atoms with Crippen molar-refractivity contribution in [1.82, 2.24) is 10.3 Å². The summed E-state index contributed by atoms with van der Waals surface area (Å²) in [7, 11) is 0. The topological polar surface area (TPSA) is 24.9 Å². The summed E-state index contributed by atoms with van der Waals surface area (Å²) >= 11 is 0. The molecule has 18 heavy (non-hydrogen) atoms. The lowest BCUT2D eigenvalue weighted by molar-refractivity contribution is -0.141. The number of aromatic nitrogens is 1. The lowest BCUT2D eigenvalue weighted by atomic mass is 10.2. The van der Waals surface area contributed by atoms with Crippen molar-refractivity contribution in [2.45, 2.75) is 45.3 Å². The molecular formula is C13H19F3N2. The highest BCUT2D eigenvalue weighted by molar-refractivity contribution is 5.18. The molecule has 1 heterocycles. The zero-order valence-corrected chi connectivity index (χ0v) is 10.6. The van der Waals surface area contributed by atoms with Crippen LogP contribution in [0, 0.1) is 0 Å². The molecular weight excluding hydrogens is 241 g/mol. The number of alkyl halides is 3. The molecule has 0 saturated heterocycles. The maximum absolute atomic E-state index is 12.4. The molecule has 1 aromatic heterocycles. The van der Waals surface area contributed by atoms with Crippen molar-refractivity contribution in [3.8, 4) is 0 Å². The molecule has 0 fully saturated rings. The molecule has 0 amide bonds. The van der Waals surface area contributed by atoms with Gasteiger partial charge in [-0.1, -0.05) is 26.2 Å². The van der Waals surface area contributed by atoms with Crippen LogP contribution in [0.1, 0.15) is 43.9 Å². The Morgan fingerprint density at radius 2 is 2.00 bits per heavy atom. The van der Waals surface area contributed by atoms with Gasteiger partial charge in [0.15, 0.2) is 0 Å². The number of hydrogen-bond acceptors (Lipinski definition) is 2. The minimum absolute atomic E-state index is 0.456. The van der Waals surface area contributed by atoms with Crippen LogP contribution in [0.15, 0.2) is 18.3 Å². The Morgan fingerprint density at radius 1 is 1.22 bits per heavy atom. The number of nitrogens with zero attached hydrogens (tertiary/aromatic N) is 1. The van der Waals surface area contributed by atoms with Crippen molar-refractivity contribution in [3.05, 3.63) is 29.6 Å². The van der Waals surface area contributed by atoms with Gasteiger partial charge in [0.05, 0.1) is 0 Å². The third kappa shape index (κ3) is 5.49. The van der Waals surface area contributed by atoms with E-state index in [1.807, 2.05) is 0 Å². The van der Waals surface area contributed by atoms with Crippen LogP contribution in [0.3, 0.4) is 0 Å². The molecule has 0 aliphatic rings. The Labute approximate surface area is 106 Å². The largest absolute Gasteiger partial charge is 0.433 e. The quantitative estimate of drug-likeness (QED) is 0.755. The fraction of sp³-hybridized carbons (Fsp3) is 0.615. The van der Waals surface area contributed by atoms with Crippen molar-refractivity contribution in [3.63, 3.8) is 0 Å². The maximum atomic E-state index is 12.4. The first kappa shape index (κ1) is 15.0. The van der Waals surface area contributed by atoms with E-state index in [1.165, 1.54) is 19.0 Å². The first-order valence-electron chi connectivity index (χ1n) is 6.27. The van der Waals surface area contributed by atoms with Crippen LogP contribution >= 0.6 is 0 Å². The Kier molecular flexibility index (Phi) is 6.12. The molecule has 0 spiro atoms. The van der Waals surface area contributed by atoms with E-state index in [0.717, 1.165) is 25.5 Å². The van der Waals surface area contributed by atoms with E-state index in [1.54, 1.807) is 6.07 Å². The molecule has 2 nitrogen and oxygen atoms in total. The normalized spacial score (nSPS) is 11.8. The van der Waals surface area contributed by atoms with Crippen LogP contribution in [0.25, 0.3) is 0 Å². The van der Waals surface area contributed by atoms with Gasteiger partial charge in [-0.3, -0.25) is 4.98 Å². The van der Waals surface area contributed by atoms with Crippen LogP contribution in [-0.4, -0.2) is 11.5 Å². The van der Waals surface area contributed by atoms with Gasteiger partial charge in [0.2, 0.25) is 0 Å². The highest BCUT2D eigenvalue weighted by Gasteiger charge is 2.32. The smallest absolute Gasteiger partial charge is 0.313 e. The first-order valence-corrected chi connectivity index (χ1v) is 6.27. The Bertz CT molecular complexity index is 350. The zero-order valence-electron chi connectivity index (χ0n) is 10.6. The van der Waals surface area contributed by atoms with E-state index in [0.29, 0.717) is 12.1 Å². The van der Waals surface area contributed by atoms with E-state index < -0.39 is 11.9 Å². The van der Waals surface area contributed by atoms with Crippen LogP contribution in [-0.2, 0) is 12.7 Å². The molecule has 0 unspecified atom stereocenters. The highest BCUT2D eigenvalue weighted by atomic mass is 19.4. The SMILES string of the molecule is CCCCCCNCc1ccnc(C(F)(F)F)c1. The van der Waals surface area contributed by atoms with Crippen LogP contribution in [0.4, 0.5) is 13.2 Å². The molecule has 0 aliphatic heterocycles. The van der Waals surface area contributed by atoms with Crippen LogP contribution < -0.4 is 5.32 Å². The number of unbranched alkanes of at least 4 members (excludes halogenated alkanes) is 3. The summed E-state index contributed by atoms with van der Waals surface area (Å²) in [6.07, 6.45) is 1.45. The molecule has 0 aromatic carbocycles. The average molecular weight is 260 g/mol. The van der Waals surface area contributed by atoms with Gasteiger partial charge in [0.25, 0.3) is 0 Å². The van der Waals surface area contributed by atoms with Gasteiger partial charge in [-0.15, -0.1) is 0 Å². The van der Waals surface area contributed by atoms with Crippen molar-refractivity contribution in [2.75, 3.05) is 6.54 Å².